The molecule has 6 aromatic heterocycles. The van der Waals surface area contributed by atoms with E-state index in [4.69, 9.17) is 133 Å². The minimum absolute atomic E-state index is 0.0740. The van der Waals surface area contributed by atoms with Crippen LogP contribution < -0.4 is 75.0 Å². The molecule has 4 unspecified atom stereocenters. The number of ether oxygens (including phenoxy) is 12. The van der Waals surface area contributed by atoms with Gasteiger partial charge in [-0.25, -0.2) is 38.7 Å². The van der Waals surface area contributed by atoms with Gasteiger partial charge in [0.05, 0.1) is 198 Å². The highest BCUT2D eigenvalue weighted by Crippen LogP contribution is 2.50. The van der Waals surface area contributed by atoms with E-state index in [0.29, 0.717) is 143 Å². The van der Waals surface area contributed by atoms with Gasteiger partial charge in [0.25, 0.3) is 0 Å². The Morgan fingerprint density at radius 2 is 0.793 bits per heavy atom. The molecule has 6 aliphatic rings. The van der Waals surface area contributed by atoms with Crippen molar-refractivity contribution in [2.75, 3.05) is 164 Å². The molecule has 12 heterocycles. The van der Waals surface area contributed by atoms with E-state index < -0.39 is 41.5 Å². The van der Waals surface area contributed by atoms with Gasteiger partial charge in [-0.15, -0.1) is 0 Å². The number of amides is 3. The van der Waals surface area contributed by atoms with Crippen molar-refractivity contribution in [1.82, 2.24) is 45.9 Å². The maximum absolute atomic E-state index is 17.8. The number of rotatable bonds is 30. The summed E-state index contributed by atoms with van der Waals surface area (Å²) in [5.74, 6) is 0.381. The zero-order valence-corrected chi connectivity index (χ0v) is 70.2. The van der Waals surface area contributed by atoms with Gasteiger partial charge in [-0.1, -0.05) is 66.1 Å². The lowest BCUT2D eigenvalue weighted by Crippen LogP contribution is -2.46. The molecule has 0 saturated carbocycles. The Morgan fingerprint density at radius 3 is 1.18 bits per heavy atom. The number of pyridine rings is 6. The summed E-state index contributed by atoms with van der Waals surface area (Å²) in [4.78, 5) is 73.6. The number of halogens is 6. The van der Waals surface area contributed by atoms with Gasteiger partial charge in [0.15, 0.2) is 23.1 Å². The number of nitrogens with zero attached hydrogens (tertiary/aromatic N) is 9. The monoisotopic (exact) mass is 1740 g/mol. The van der Waals surface area contributed by atoms with Crippen molar-refractivity contribution in [2.45, 2.75) is 87.4 Å². The average Bonchev–Trinajstić information content (AvgIpc) is 1.30. The van der Waals surface area contributed by atoms with Crippen molar-refractivity contribution in [2.24, 2.45) is 0 Å². The molecule has 121 heavy (non-hydrogen) atoms. The molecule has 15 rings (SSSR count). The molecule has 0 aliphatic carbocycles. The molecule has 6 aliphatic heterocycles. The standard InChI is InChI=1S/C85H91Cl4F2N15O15/c1-10-71(107)98-59-40-114-37-56(59)95-68-24-50-45(30-92-68)21-53(74-77(86)62(110-6)27-63(111-7)78(74)87)101-83(50)104-15-19-118-49(36-104)14-18-120-67-29-66(113-9)81(90)76(82(67)91)55-23-47-32-94-69(96-57-38-115-41-60(57)99-72(108)11-2)25-51(47)84(103-55)105-16-20-117-48(35-105)13-17-119-65-28-64(112-8)79(88)75(80(65)89)54-22-46-31-93-70(97-58-39-116-42-61(58)100-73(109)12-3)26-52(46)85(102-54)106-33-43(4)121-44(5)34-106/h10-12,21-32,43-44,48-49,56-61H,1-3,13-20,33-42H2,4-9H3,(H,92,95)(H,93,97)(H,94,96)(H,98,107)(H,99,108)(H,100,109)/t43?,44?,48?,49?,56-,57-,58-,59+,60+,61+/m1/s1. The third-order valence-corrected chi connectivity index (χ3v) is 23.4. The predicted molar refractivity (Wildman–Crippen MR) is 459 cm³/mol. The average molecular weight is 1740 g/mol. The maximum Gasteiger partial charge on any atom is 0.243 e. The first-order chi connectivity index (χ1) is 58.6. The number of hydrogen-bond donors (Lipinski definition) is 6. The van der Waals surface area contributed by atoms with Crippen LogP contribution in [0.4, 0.5) is 43.7 Å². The molecule has 3 amide bonds. The highest BCUT2D eigenvalue weighted by atomic mass is 35.5. The van der Waals surface area contributed by atoms with Crippen LogP contribution in [0.5, 0.6) is 34.5 Å². The van der Waals surface area contributed by atoms with Gasteiger partial charge in [0.2, 0.25) is 17.7 Å². The number of carbonyl (C=O) groups excluding carboxylic acids is 3. The summed E-state index contributed by atoms with van der Waals surface area (Å²) in [7, 11) is 5.74. The van der Waals surface area contributed by atoms with Crippen LogP contribution in [-0.4, -0.2) is 242 Å². The normalized spacial score (nSPS) is 21.7. The van der Waals surface area contributed by atoms with E-state index in [1.54, 1.807) is 42.9 Å². The lowest BCUT2D eigenvalue weighted by Gasteiger charge is -2.36. The smallest absolute Gasteiger partial charge is 0.243 e. The molecule has 6 fully saturated rings. The van der Waals surface area contributed by atoms with Crippen molar-refractivity contribution in [3.8, 4) is 68.3 Å². The Morgan fingerprint density at radius 1 is 0.455 bits per heavy atom. The van der Waals surface area contributed by atoms with Crippen molar-refractivity contribution in [1.29, 1.82) is 0 Å². The SMILES string of the molecule is C=CC(=O)N[C@H]1COC[C@H]1Nc1cc2c(N3CCOC(CCOc4cc(OC)c(Cl)c(-c5cc6cnc(N[C@@H]7COC[C@@H]7NC(=O)C=C)cc6c(N6CC(C)OC(C)C6)n5)c4Cl)C3)nc(-c3c(F)c(OC)cc(OCCC4CN(c5nc(-c6c(Cl)c(OC)cc(OC)c6Cl)cc6cnc(N[C@@H]7COC[C@@H]7NC(=O)C=C)cc56)CCO4)c3F)cc2cn1. The van der Waals surface area contributed by atoms with Gasteiger partial charge in [-0.2, -0.15) is 0 Å². The molecule has 10 atom stereocenters. The number of anilines is 6. The minimum atomic E-state index is -1.05. The number of fused-ring (bicyclic) bond motifs is 3. The van der Waals surface area contributed by atoms with Gasteiger partial charge in [0.1, 0.15) is 57.9 Å². The predicted octanol–water partition coefficient (Wildman–Crippen LogP) is 11.9. The van der Waals surface area contributed by atoms with Crippen LogP contribution in [0.2, 0.25) is 20.1 Å². The molecule has 6 saturated heterocycles. The fraction of sp³-hybridized carbons (Fsp3) is 0.400. The van der Waals surface area contributed by atoms with Crippen LogP contribution in [0, 0.1) is 11.6 Å². The van der Waals surface area contributed by atoms with Crippen LogP contribution in [0.1, 0.15) is 26.7 Å². The molecule has 30 nitrogen and oxygen atoms in total. The maximum atomic E-state index is 17.8. The Bertz CT molecular complexity index is 5420. The first-order valence-corrected chi connectivity index (χ1v) is 41.0. The lowest BCUT2D eigenvalue weighted by atomic mass is 10.0. The zero-order valence-electron chi connectivity index (χ0n) is 67.2. The molecule has 3 aromatic carbocycles. The molecule has 6 N–H and O–H groups in total. The van der Waals surface area contributed by atoms with Gasteiger partial charge in [-0.3, -0.25) is 14.4 Å². The summed E-state index contributed by atoms with van der Waals surface area (Å²) in [6.45, 7) is 19.2. The van der Waals surface area contributed by atoms with Crippen molar-refractivity contribution < 1.29 is 80.0 Å². The molecule has 0 radical (unpaired) electrons. The van der Waals surface area contributed by atoms with Crippen LogP contribution >= 0.6 is 46.4 Å². The molecule has 36 heteroatoms. The summed E-state index contributed by atoms with van der Waals surface area (Å²) in [6, 6.07) is 13.1. The summed E-state index contributed by atoms with van der Waals surface area (Å²) in [6.07, 6.45) is 7.89. The van der Waals surface area contributed by atoms with E-state index in [2.05, 4.69) is 61.4 Å². The van der Waals surface area contributed by atoms with Gasteiger partial charge in [0, 0.05) is 132 Å². The number of aromatic nitrogens is 6. The summed E-state index contributed by atoms with van der Waals surface area (Å²) in [5, 5.41) is 23.8. The first-order valence-electron chi connectivity index (χ1n) is 39.5. The van der Waals surface area contributed by atoms with E-state index in [0.717, 1.165) is 16.8 Å². The number of nitrogens with one attached hydrogen (secondary N) is 6. The first kappa shape index (κ1) is 85.3. The molecule has 0 bridgehead atoms. The van der Waals surface area contributed by atoms with Crippen molar-refractivity contribution in [3.05, 3.63) is 143 Å². The van der Waals surface area contributed by atoms with Crippen molar-refractivity contribution >= 4 is 131 Å². The third-order valence-electron chi connectivity index (χ3n) is 21.9. The van der Waals surface area contributed by atoms with Crippen LogP contribution in [-0.2, 0) is 42.8 Å². The van der Waals surface area contributed by atoms with E-state index in [9.17, 15) is 14.4 Å². The second kappa shape index (κ2) is 37.8. The number of carbonyl (C=O) groups is 3. The van der Waals surface area contributed by atoms with Gasteiger partial charge >= 0.3 is 0 Å². The molecule has 638 valence electrons. The Labute approximate surface area is 716 Å². The fourth-order valence-electron chi connectivity index (χ4n) is 15.9. The van der Waals surface area contributed by atoms with Crippen LogP contribution in [0.25, 0.3) is 66.1 Å². The Balaban J connectivity index is 0.698. The second-order valence-corrected chi connectivity index (χ2v) is 31.5. The molecule has 0 spiro atoms. The third kappa shape index (κ3) is 18.6. The highest BCUT2D eigenvalue weighted by Gasteiger charge is 2.37. The zero-order chi connectivity index (χ0) is 84.9. The summed E-state index contributed by atoms with van der Waals surface area (Å²) >= 11 is 28.8. The topological polar surface area (TPSA) is 321 Å². The minimum Gasteiger partial charge on any atom is -0.495 e. The van der Waals surface area contributed by atoms with E-state index >= 15 is 8.78 Å². The molecular formula is C85H91Cl4F2N15O15. The Hall–Kier alpha value is -10.7. The second-order valence-electron chi connectivity index (χ2n) is 29.9. The van der Waals surface area contributed by atoms with Gasteiger partial charge < -0.3 is 103 Å². The number of hydrogen-bond acceptors (Lipinski definition) is 27. The molecule has 9 aromatic rings. The number of methoxy groups -OCH3 is 4. The van der Waals surface area contributed by atoms with Gasteiger partial charge in [-0.05, 0) is 68.5 Å². The Kier molecular flexibility index (Phi) is 26.6. The van der Waals surface area contributed by atoms with Crippen LogP contribution in [0.15, 0.2) is 111 Å². The summed E-state index contributed by atoms with van der Waals surface area (Å²) in [5.41, 5.74) is 0.916. The van der Waals surface area contributed by atoms with E-state index in [1.165, 1.54) is 46.7 Å². The summed E-state index contributed by atoms with van der Waals surface area (Å²) < 4.78 is 107. The number of benzene rings is 3. The highest BCUT2D eigenvalue weighted by molar-refractivity contribution is 6.42. The fourth-order valence-corrected chi connectivity index (χ4v) is 17.3. The lowest BCUT2D eigenvalue weighted by molar-refractivity contribution is -0.118. The van der Waals surface area contributed by atoms with Crippen molar-refractivity contribution in [3.63, 3.8) is 0 Å². The van der Waals surface area contributed by atoms with E-state index in [-0.39, 0.29) is 169 Å². The largest absolute Gasteiger partial charge is 0.495 e. The quantitative estimate of drug-likeness (QED) is 0.0228. The number of morpholine rings is 3. The van der Waals surface area contributed by atoms with E-state index in [1.807, 2.05) is 43.0 Å². The van der Waals surface area contributed by atoms with Crippen LogP contribution in [0.3, 0.4) is 0 Å². The molecular weight excluding hydrogens is 1650 g/mol.